The molecular weight excluding hydrogens is 240 g/mol. The third-order valence-corrected chi connectivity index (χ3v) is 4.19. The van der Waals surface area contributed by atoms with Gasteiger partial charge in [0.2, 0.25) is 0 Å². The summed E-state index contributed by atoms with van der Waals surface area (Å²) in [5, 5.41) is 3.63. The molecule has 0 saturated carbocycles. The van der Waals surface area contributed by atoms with Crippen molar-refractivity contribution in [1.82, 2.24) is 10.3 Å². The third-order valence-electron chi connectivity index (χ3n) is 3.20. The van der Waals surface area contributed by atoms with Crippen LogP contribution < -0.4 is 5.32 Å². The molecule has 96 valence electrons. The molecule has 1 heterocycles. The van der Waals surface area contributed by atoms with Gasteiger partial charge in [0, 0.05) is 17.5 Å². The Morgan fingerprint density at radius 3 is 2.67 bits per heavy atom. The Kier molecular flexibility index (Phi) is 4.90. The van der Waals surface area contributed by atoms with Gasteiger partial charge < -0.3 is 5.32 Å². The molecule has 0 bridgehead atoms. The average molecular weight is 260 g/mol. The van der Waals surface area contributed by atoms with E-state index in [1.54, 1.807) is 11.3 Å². The number of thiazole rings is 1. The summed E-state index contributed by atoms with van der Waals surface area (Å²) >= 11 is 1.75. The van der Waals surface area contributed by atoms with E-state index >= 15 is 0 Å². The fourth-order valence-electron chi connectivity index (χ4n) is 2.11. The summed E-state index contributed by atoms with van der Waals surface area (Å²) in [6, 6.07) is 11.1. The summed E-state index contributed by atoms with van der Waals surface area (Å²) in [5.74, 6) is 0. The fourth-order valence-corrected chi connectivity index (χ4v) is 2.89. The normalized spacial score (nSPS) is 12.6. The molecule has 0 aliphatic heterocycles. The maximum atomic E-state index is 4.28. The highest BCUT2D eigenvalue weighted by atomic mass is 32.1. The van der Waals surface area contributed by atoms with Gasteiger partial charge in [0.05, 0.1) is 11.2 Å². The predicted molar refractivity (Wildman–Crippen MR) is 78.0 cm³/mol. The number of nitrogens with one attached hydrogen (secondary N) is 1. The molecule has 0 amide bonds. The molecule has 1 aromatic carbocycles. The number of hydrogen-bond acceptors (Lipinski definition) is 3. The Morgan fingerprint density at radius 2 is 2.06 bits per heavy atom. The highest BCUT2D eigenvalue weighted by Gasteiger charge is 2.08. The van der Waals surface area contributed by atoms with Gasteiger partial charge in [0.1, 0.15) is 0 Å². The van der Waals surface area contributed by atoms with Gasteiger partial charge in [-0.05, 0) is 25.3 Å². The molecule has 0 fully saturated rings. The van der Waals surface area contributed by atoms with Gasteiger partial charge in [-0.2, -0.15) is 0 Å². The van der Waals surface area contributed by atoms with Crippen LogP contribution in [0.2, 0.25) is 0 Å². The van der Waals surface area contributed by atoms with Gasteiger partial charge in [-0.25, -0.2) is 4.98 Å². The number of aryl methyl sites for hydroxylation is 1. The standard InChI is InChI=1S/C15H20N2S/c1-3-14(13-7-5-4-6-8-13)16-10-9-15-12(2)17-11-18-15/h4-8,11,14,16H,3,9-10H2,1-2H3. The zero-order valence-electron chi connectivity index (χ0n) is 11.0. The largest absolute Gasteiger partial charge is 0.310 e. The van der Waals surface area contributed by atoms with Gasteiger partial charge in [-0.1, -0.05) is 37.3 Å². The van der Waals surface area contributed by atoms with Crippen LogP contribution in [0, 0.1) is 6.92 Å². The summed E-state index contributed by atoms with van der Waals surface area (Å²) in [7, 11) is 0. The molecule has 0 radical (unpaired) electrons. The summed E-state index contributed by atoms with van der Waals surface area (Å²) in [6.07, 6.45) is 2.19. The molecule has 2 rings (SSSR count). The van der Waals surface area contributed by atoms with E-state index in [9.17, 15) is 0 Å². The predicted octanol–water partition coefficient (Wildman–Crippen LogP) is 3.73. The Labute approximate surface area is 113 Å². The molecular formula is C15H20N2S. The quantitative estimate of drug-likeness (QED) is 0.856. The van der Waals surface area contributed by atoms with Crippen LogP contribution in [0.1, 0.15) is 35.5 Å². The van der Waals surface area contributed by atoms with Crippen LogP contribution in [0.4, 0.5) is 0 Å². The van der Waals surface area contributed by atoms with Crippen molar-refractivity contribution in [2.45, 2.75) is 32.7 Å². The smallest absolute Gasteiger partial charge is 0.0797 e. The molecule has 0 aliphatic carbocycles. The van der Waals surface area contributed by atoms with Crippen molar-refractivity contribution in [3.8, 4) is 0 Å². The van der Waals surface area contributed by atoms with E-state index in [2.05, 4.69) is 54.5 Å². The summed E-state index contributed by atoms with van der Waals surface area (Å²) in [4.78, 5) is 5.68. The van der Waals surface area contributed by atoms with Crippen LogP contribution in [0.25, 0.3) is 0 Å². The van der Waals surface area contributed by atoms with Crippen LogP contribution in [0.5, 0.6) is 0 Å². The molecule has 0 saturated heterocycles. The third kappa shape index (κ3) is 3.40. The maximum absolute atomic E-state index is 4.28. The first-order valence-corrected chi connectivity index (χ1v) is 7.36. The minimum Gasteiger partial charge on any atom is -0.310 e. The lowest BCUT2D eigenvalue weighted by atomic mass is 10.0. The van der Waals surface area contributed by atoms with E-state index in [1.807, 2.05) is 5.51 Å². The second kappa shape index (κ2) is 6.66. The van der Waals surface area contributed by atoms with Gasteiger partial charge in [-0.15, -0.1) is 11.3 Å². The van der Waals surface area contributed by atoms with E-state index in [4.69, 9.17) is 0 Å². The number of hydrogen-bond donors (Lipinski definition) is 1. The second-order valence-corrected chi connectivity index (χ2v) is 5.38. The maximum Gasteiger partial charge on any atom is 0.0797 e. The molecule has 2 aromatic rings. The molecule has 3 heteroatoms. The Hall–Kier alpha value is -1.19. The van der Waals surface area contributed by atoms with Crippen LogP contribution in [-0.4, -0.2) is 11.5 Å². The molecule has 2 nitrogen and oxygen atoms in total. The fraction of sp³-hybridized carbons (Fsp3) is 0.400. The molecule has 18 heavy (non-hydrogen) atoms. The van der Waals surface area contributed by atoms with E-state index < -0.39 is 0 Å². The Balaban J connectivity index is 1.87. The van der Waals surface area contributed by atoms with Crippen molar-refractivity contribution >= 4 is 11.3 Å². The number of aromatic nitrogens is 1. The highest BCUT2D eigenvalue weighted by Crippen LogP contribution is 2.17. The minimum absolute atomic E-state index is 0.458. The molecule has 1 N–H and O–H groups in total. The summed E-state index contributed by atoms with van der Waals surface area (Å²) < 4.78 is 0. The van der Waals surface area contributed by atoms with Gasteiger partial charge in [0.15, 0.2) is 0 Å². The zero-order valence-corrected chi connectivity index (χ0v) is 11.8. The van der Waals surface area contributed by atoms with E-state index in [0.29, 0.717) is 6.04 Å². The van der Waals surface area contributed by atoms with Gasteiger partial charge in [0.25, 0.3) is 0 Å². The molecule has 1 unspecified atom stereocenters. The summed E-state index contributed by atoms with van der Waals surface area (Å²) in [6.45, 7) is 5.32. The monoisotopic (exact) mass is 260 g/mol. The molecule has 1 atom stereocenters. The molecule has 0 spiro atoms. The molecule has 0 aliphatic rings. The first kappa shape index (κ1) is 13.2. The number of benzene rings is 1. The van der Waals surface area contributed by atoms with Crippen molar-refractivity contribution in [3.05, 3.63) is 52.0 Å². The van der Waals surface area contributed by atoms with E-state index in [1.165, 1.54) is 16.1 Å². The van der Waals surface area contributed by atoms with Crippen molar-refractivity contribution in [2.24, 2.45) is 0 Å². The average Bonchev–Trinajstić information content (AvgIpc) is 2.81. The lowest BCUT2D eigenvalue weighted by molar-refractivity contribution is 0.523. The van der Waals surface area contributed by atoms with E-state index in [-0.39, 0.29) is 0 Å². The number of rotatable bonds is 6. The second-order valence-electron chi connectivity index (χ2n) is 4.44. The molecule has 1 aromatic heterocycles. The summed E-state index contributed by atoms with van der Waals surface area (Å²) in [5.41, 5.74) is 4.48. The Bertz CT molecular complexity index is 464. The Morgan fingerprint density at radius 1 is 1.28 bits per heavy atom. The van der Waals surface area contributed by atoms with Crippen LogP contribution >= 0.6 is 11.3 Å². The van der Waals surface area contributed by atoms with Crippen LogP contribution in [0.15, 0.2) is 35.8 Å². The first-order chi connectivity index (χ1) is 8.81. The first-order valence-electron chi connectivity index (χ1n) is 6.48. The zero-order chi connectivity index (χ0) is 12.8. The van der Waals surface area contributed by atoms with Crippen LogP contribution in [0.3, 0.4) is 0 Å². The van der Waals surface area contributed by atoms with E-state index in [0.717, 1.165) is 19.4 Å². The van der Waals surface area contributed by atoms with Gasteiger partial charge >= 0.3 is 0 Å². The van der Waals surface area contributed by atoms with Gasteiger partial charge in [-0.3, -0.25) is 0 Å². The van der Waals surface area contributed by atoms with Crippen molar-refractivity contribution in [3.63, 3.8) is 0 Å². The lowest BCUT2D eigenvalue weighted by Gasteiger charge is -2.17. The van der Waals surface area contributed by atoms with Crippen molar-refractivity contribution < 1.29 is 0 Å². The van der Waals surface area contributed by atoms with Crippen LogP contribution in [-0.2, 0) is 6.42 Å². The topological polar surface area (TPSA) is 24.9 Å². The lowest BCUT2D eigenvalue weighted by Crippen LogP contribution is -2.23. The van der Waals surface area contributed by atoms with Crippen molar-refractivity contribution in [1.29, 1.82) is 0 Å². The van der Waals surface area contributed by atoms with Crippen molar-refractivity contribution in [2.75, 3.05) is 6.54 Å². The highest BCUT2D eigenvalue weighted by molar-refractivity contribution is 7.09. The minimum atomic E-state index is 0.458. The number of nitrogens with zero attached hydrogens (tertiary/aromatic N) is 1. The SMILES string of the molecule is CCC(NCCc1scnc1C)c1ccccc1.